The number of para-hydroxylation sites is 1. The first kappa shape index (κ1) is 14.4. The number of piperazine rings is 1. The van der Waals surface area contributed by atoms with E-state index in [1.807, 2.05) is 13.0 Å². The van der Waals surface area contributed by atoms with Gasteiger partial charge in [-0.05, 0) is 26.3 Å². The first-order chi connectivity index (χ1) is 9.13. The molecule has 1 aromatic carbocycles. The Labute approximate surface area is 116 Å². The molecule has 1 aromatic rings. The first-order valence-corrected chi connectivity index (χ1v) is 7.39. The molecule has 106 valence electrons. The van der Waals surface area contributed by atoms with Crippen LogP contribution in [0.25, 0.3) is 0 Å². The van der Waals surface area contributed by atoms with E-state index in [1.165, 1.54) is 5.69 Å². The third-order valence-electron chi connectivity index (χ3n) is 4.07. The highest BCUT2D eigenvalue weighted by Crippen LogP contribution is 2.28. The summed E-state index contributed by atoms with van der Waals surface area (Å²) in [5.41, 5.74) is 2.28. The Balaban J connectivity index is 2.11. The third-order valence-corrected chi connectivity index (χ3v) is 4.07. The zero-order valence-corrected chi connectivity index (χ0v) is 12.3. The van der Waals surface area contributed by atoms with Crippen LogP contribution in [0.2, 0.25) is 0 Å². The Morgan fingerprint density at radius 3 is 2.32 bits per heavy atom. The fourth-order valence-electron chi connectivity index (χ4n) is 2.76. The molecular weight excluding hydrogens is 236 g/mol. The Hall–Kier alpha value is -1.06. The summed E-state index contributed by atoms with van der Waals surface area (Å²) in [6, 6.07) is 8.90. The van der Waals surface area contributed by atoms with Crippen molar-refractivity contribution in [2.75, 3.05) is 31.1 Å². The van der Waals surface area contributed by atoms with Crippen molar-refractivity contribution in [1.29, 1.82) is 0 Å². The monoisotopic (exact) mass is 262 g/mol. The predicted octanol–water partition coefficient (Wildman–Crippen LogP) is 2.66. The van der Waals surface area contributed by atoms with E-state index in [0.717, 1.165) is 38.2 Å². The van der Waals surface area contributed by atoms with Gasteiger partial charge in [0.2, 0.25) is 0 Å². The number of nitrogens with zero attached hydrogens (tertiary/aromatic N) is 2. The summed E-state index contributed by atoms with van der Waals surface area (Å²) in [7, 11) is 0. The molecule has 3 nitrogen and oxygen atoms in total. The molecule has 1 atom stereocenters. The second-order valence-corrected chi connectivity index (χ2v) is 5.60. The Morgan fingerprint density at radius 2 is 1.74 bits per heavy atom. The van der Waals surface area contributed by atoms with E-state index < -0.39 is 0 Å². The molecule has 19 heavy (non-hydrogen) atoms. The van der Waals surface area contributed by atoms with E-state index in [9.17, 15) is 5.11 Å². The standard InChI is InChI=1S/C16H26N2O/c1-4-16(19)14-7-5-6-8-15(14)18-11-9-17(10-12-18)13(2)3/h5-8,13,16,19H,4,9-12H2,1-3H3/t16-/m1/s1. The van der Waals surface area contributed by atoms with E-state index >= 15 is 0 Å². The molecule has 1 fully saturated rings. The third kappa shape index (κ3) is 3.28. The largest absolute Gasteiger partial charge is 0.388 e. The van der Waals surface area contributed by atoms with Gasteiger partial charge in [-0.2, -0.15) is 0 Å². The average molecular weight is 262 g/mol. The van der Waals surface area contributed by atoms with Crippen LogP contribution < -0.4 is 4.90 Å². The Morgan fingerprint density at radius 1 is 1.11 bits per heavy atom. The van der Waals surface area contributed by atoms with Crippen LogP contribution in [0.3, 0.4) is 0 Å². The second-order valence-electron chi connectivity index (χ2n) is 5.60. The van der Waals surface area contributed by atoms with Gasteiger partial charge in [0.15, 0.2) is 0 Å². The van der Waals surface area contributed by atoms with E-state index in [0.29, 0.717) is 6.04 Å². The van der Waals surface area contributed by atoms with Crippen LogP contribution in [0.1, 0.15) is 38.9 Å². The average Bonchev–Trinajstić information content (AvgIpc) is 2.46. The van der Waals surface area contributed by atoms with Crippen molar-refractivity contribution >= 4 is 5.69 Å². The summed E-state index contributed by atoms with van der Waals surface area (Å²) in [6.07, 6.45) is 0.419. The minimum absolute atomic E-state index is 0.348. The molecule has 1 N–H and O–H groups in total. The summed E-state index contributed by atoms with van der Waals surface area (Å²) in [6.45, 7) is 10.8. The van der Waals surface area contributed by atoms with Crippen molar-refractivity contribution in [1.82, 2.24) is 4.90 Å². The summed E-state index contributed by atoms with van der Waals surface area (Å²) in [5, 5.41) is 10.1. The molecule has 0 amide bonds. The number of rotatable bonds is 4. The quantitative estimate of drug-likeness (QED) is 0.903. The van der Waals surface area contributed by atoms with E-state index in [1.54, 1.807) is 0 Å². The lowest BCUT2D eigenvalue weighted by atomic mass is 10.0. The highest BCUT2D eigenvalue weighted by Gasteiger charge is 2.21. The van der Waals surface area contributed by atoms with E-state index in [-0.39, 0.29) is 6.10 Å². The maximum atomic E-state index is 10.1. The molecule has 1 saturated heterocycles. The Kier molecular flexibility index (Phi) is 4.83. The van der Waals surface area contributed by atoms with Gasteiger partial charge in [-0.1, -0.05) is 25.1 Å². The van der Waals surface area contributed by atoms with Gasteiger partial charge in [-0.15, -0.1) is 0 Å². The minimum atomic E-state index is -0.348. The molecule has 2 rings (SSSR count). The summed E-state index contributed by atoms with van der Waals surface area (Å²) >= 11 is 0. The molecule has 1 heterocycles. The topological polar surface area (TPSA) is 26.7 Å². The smallest absolute Gasteiger partial charge is 0.0807 e. The summed E-state index contributed by atoms with van der Waals surface area (Å²) in [5.74, 6) is 0. The fraction of sp³-hybridized carbons (Fsp3) is 0.625. The maximum absolute atomic E-state index is 10.1. The van der Waals surface area contributed by atoms with Crippen molar-refractivity contribution in [3.05, 3.63) is 29.8 Å². The molecule has 0 aromatic heterocycles. The van der Waals surface area contributed by atoms with E-state index in [4.69, 9.17) is 0 Å². The highest BCUT2D eigenvalue weighted by molar-refractivity contribution is 5.55. The number of anilines is 1. The van der Waals surface area contributed by atoms with Crippen LogP contribution in [-0.4, -0.2) is 42.2 Å². The van der Waals surface area contributed by atoms with Crippen molar-refractivity contribution in [2.45, 2.75) is 39.3 Å². The number of aliphatic hydroxyl groups excluding tert-OH is 1. The van der Waals surface area contributed by atoms with Crippen LogP contribution in [0.15, 0.2) is 24.3 Å². The van der Waals surface area contributed by atoms with Gasteiger partial charge in [0.05, 0.1) is 6.10 Å². The zero-order chi connectivity index (χ0) is 13.8. The number of hydrogen-bond acceptors (Lipinski definition) is 3. The SMILES string of the molecule is CC[C@@H](O)c1ccccc1N1CCN(C(C)C)CC1. The molecule has 0 unspecified atom stereocenters. The maximum Gasteiger partial charge on any atom is 0.0807 e. The van der Waals surface area contributed by atoms with Crippen LogP contribution in [-0.2, 0) is 0 Å². The first-order valence-electron chi connectivity index (χ1n) is 7.39. The lowest BCUT2D eigenvalue weighted by Gasteiger charge is -2.39. The second kappa shape index (κ2) is 6.40. The molecule has 1 aliphatic rings. The number of aliphatic hydroxyl groups is 1. The molecule has 0 aliphatic carbocycles. The molecular formula is C16H26N2O. The summed E-state index contributed by atoms with van der Waals surface area (Å²) in [4.78, 5) is 4.92. The van der Waals surface area contributed by atoms with Gasteiger partial charge < -0.3 is 10.0 Å². The van der Waals surface area contributed by atoms with Gasteiger partial charge in [0.25, 0.3) is 0 Å². The van der Waals surface area contributed by atoms with Gasteiger partial charge in [-0.25, -0.2) is 0 Å². The lowest BCUT2D eigenvalue weighted by molar-refractivity contribution is 0.173. The molecule has 0 radical (unpaired) electrons. The normalized spacial score (nSPS) is 18.9. The molecule has 1 aliphatic heterocycles. The van der Waals surface area contributed by atoms with Crippen LogP contribution in [0, 0.1) is 0 Å². The van der Waals surface area contributed by atoms with Gasteiger partial charge in [0, 0.05) is 43.5 Å². The van der Waals surface area contributed by atoms with Crippen LogP contribution in [0.4, 0.5) is 5.69 Å². The number of benzene rings is 1. The zero-order valence-electron chi connectivity index (χ0n) is 12.3. The lowest BCUT2D eigenvalue weighted by Crippen LogP contribution is -2.49. The van der Waals surface area contributed by atoms with Crippen LogP contribution in [0.5, 0.6) is 0 Å². The van der Waals surface area contributed by atoms with Crippen molar-refractivity contribution < 1.29 is 5.11 Å². The van der Waals surface area contributed by atoms with Crippen LogP contribution >= 0.6 is 0 Å². The van der Waals surface area contributed by atoms with Crippen molar-refractivity contribution in [3.8, 4) is 0 Å². The summed E-state index contributed by atoms with van der Waals surface area (Å²) < 4.78 is 0. The molecule has 0 saturated carbocycles. The van der Waals surface area contributed by atoms with Gasteiger partial charge in [0.1, 0.15) is 0 Å². The molecule has 0 bridgehead atoms. The fourth-order valence-corrected chi connectivity index (χ4v) is 2.76. The Bertz CT molecular complexity index is 397. The van der Waals surface area contributed by atoms with Gasteiger partial charge in [-0.3, -0.25) is 4.90 Å². The van der Waals surface area contributed by atoms with Crippen molar-refractivity contribution in [3.63, 3.8) is 0 Å². The number of hydrogen-bond donors (Lipinski definition) is 1. The minimum Gasteiger partial charge on any atom is -0.388 e. The van der Waals surface area contributed by atoms with Crippen molar-refractivity contribution in [2.24, 2.45) is 0 Å². The predicted molar refractivity (Wildman–Crippen MR) is 80.6 cm³/mol. The molecule has 0 spiro atoms. The van der Waals surface area contributed by atoms with E-state index in [2.05, 4.69) is 41.8 Å². The molecule has 3 heteroatoms. The highest BCUT2D eigenvalue weighted by atomic mass is 16.3. The van der Waals surface area contributed by atoms with Gasteiger partial charge >= 0.3 is 0 Å².